The van der Waals surface area contributed by atoms with Crippen LogP contribution in [0.5, 0.6) is 0 Å². The summed E-state index contributed by atoms with van der Waals surface area (Å²) < 4.78 is 26.2. The summed E-state index contributed by atoms with van der Waals surface area (Å²) in [6.07, 6.45) is 0.424. The molecule has 2 rings (SSSR count). The van der Waals surface area contributed by atoms with Crippen LogP contribution in [0.25, 0.3) is 0 Å². The van der Waals surface area contributed by atoms with Crippen molar-refractivity contribution >= 4 is 21.9 Å². The van der Waals surface area contributed by atoms with Crippen LogP contribution in [0.4, 0.5) is 0 Å². The zero-order valence-corrected chi connectivity index (χ0v) is 16.4. The van der Waals surface area contributed by atoms with Gasteiger partial charge >= 0.3 is 5.97 Å². The molecule has 26 heavy (non-hydrogen) atoms. The molecular weight excluding hydrogens is 356 g/mol. The van der Waals surface area contributed by atoms with Crippen LogP contribution >= 0.6 is 0 Å². The Morgan fingerprint density at radius 3 is 2.27 bits per heavy atom. The van der Waals surface area contributed by atoms with Crippen molar-refractivity contribution in [2.24, 2.45) is 11.8 Å². The Kier molecular flexibility index (Phi) is 6.08. The van der Waals surface area contributed by atoms with E-state index in [4.69, 9.17) is 0 Å². The average Bonchev–Trinajstić information content (AvgIpc) is 2.59. The van der Waals surface area contributed by atoms with Gasteiger partial charge in [0.15, 0.2) is 0 Å². The Morgan fingerprint density at radius 1 is 1.23 bits per heavy atom. The summed E-state index contributed by atoms with van der Waals surface area (Å²) in [4.78, 5) is 25.6. The van der Waals surface area contributed by atoms with E-state index in [-0.39, 0.29) is 22.8 Å². The largest absolute Gasteiger partial charge is 0.481 e. The Bertz CT molecular complexity index is 773. The molecular formula is C18H26N2O5S. The van der Waals surface area contributed by atoms with Crippen molar-refractivity contribution in [1.82, 2.24) is 9.21 Å². The molecule has 1 aromatic carbocycles. The van der Waals surface area contributed by atoms with E-state index in [0.29, 0.717) is 25.1 Å². The molecule has 1 amide bonds. The third kappa shape index (κ3) is 4.07. The fourth-order valence-corrected chi connectivity index (χ4v) is 4.46. The number of carbonyl (C=O) groups excluding carboxylic acids is 1. The van der Waals surface area contributed by atoms with Gasteiger partial charge in [-0.15, -0.1) is 0 Å². The lowest BCUT2D eigenvalue weighted by atomic mass is 9.87. The number of aliphatic carboxylic acids is 1. The molecule has 1 N–H and O–H groups in total. The van der Waals surface area contributed by atoms with E-state index in [2.05, 4.69) is 0 Å². The van der Waals surface area contributed by atoms with Gasteiger partial charge in [-0.2, -0.15) is 4.31 Å². The molecule has 144 valence electrons. The minimum atomic E-state index is -3.59. The zero-order chi connectivity index (χ0) is 19.6. The fraction of sp³-hybridized carbons (Fsp3) is 0.556. The Hall–Kier alpha value is -1.93. The third-order valence-electron chi connectivity index (χ3n) is 5.02. The second-order valence-corrected chi connectivity index (χ2v) is 9.10. The molecule has 1 heterocycles. The summed E-state index contributed by atoms with van der Waals surface area (Å²) in [6.45, 7) is 6.17. The van der Waals surface area contributed by atoms with E-state index in [0.717, 1.165) is 0 Å². The monoisotopic (exact) mass is 382 g/mol. The van der Waals surface area contributed by atoms with Crippen molar-refractivity contribution in [2.45, 2.75) is 38.1 Å². The van der Waals surface area contributed by atoms with Crippen molar-refractivity contribution < 1.29 is 23.1 Å². The number of carboxylic acids is 1. The first-order valence-electron chi connectivity index (χ1n) is 8.66. The lowest BCUT2D eigenvalue weighted by Gasteiger charge is -2.35. The SMILES string of the molecule is CC1CN(C(=O)c2ccc(S(=O)(=O)N(C)C(C)C)cc2)CCC1C(=O)O. The number of carboxylic acid groups (broad SMARTS) is 1. The van der Waals surface area contributed by atoms with Crippen molar-refractivity contribution in [3.8, 4) is 0 Å². The number of hydrogen-bond acceptors (Lipinski definition) is 4. The van der Waals surface area contributed by atoms with Crippen molar-refractivity contribution in [1.29, 1.82) is 0 Å². The second-order valence-electron chi connectivity index (χ2n) is 7.10. The van der Waals surface area contributed by atoms with Crippen LogP contribution in [0.1, 0.15) is 37.6 Å². The maximum Gasteiger partial charge on any atom is 0.306 e. The lowest BCUT2D eigenvalue weighted by Crippen LogP contribution is -2.45. The maximum absolute atomic E-state index is 12.6. The average molecular weight is 382 g/mol. The van der Waals surface area contributed by atoms with Gasteiger partial charge in [-0.1, -0.05) is 6.92 Å². The Balaban J connectivity index is 2.14. The van der Waals surface area contributed by atoms with Crippen molar-refractivity contribution in [2.75, 3.05) is 20.1 Å². The van der Waals surface area contributed by atoms with Gasteiger partial charge < -0.3 is 10.0 Å². The fourth-order valence-electron chi connectivity index (χ4n) is 3.09. The van der Waals surface area contributed by atoms with Gasteiger partial charge in [0.2, 0.25) is 10.0 Å². The molecule has 0 spiro atoms. The van der Waals surface area contributed by atoms with Gasteiger partial charge in [0.1, 0.15) is 0 Å². The highest BCUT2D eigenvalue weighted by Gasteiger charge is 2.33. The number of rotatable bonds is 5. The van der Waals surface area contributed by atoms with Crippen molar-refractivity contribution in [3.63, 3.8) is 0 Å². The van der Waals surface area contributed by atoms with Gasteiger partial charge in [-0.25, -0.2) is 8.42 Å². The Labute approximate surface area is 154 Å². The molecule has 2 unspecified atom stereocenters. The standard InChI is InChI=1S/C18H26N2O5S/c1-12(2)19(4)26(24,25)15-7-5-14(6-8-15)17(21)20-10-9-16(18(22)23)13(3)11-20/h5-8,12-13,16H,9-11H2,1-4H3,(H,22,23). The van der Waals surface area contributed by atoms with Gasteiger partial charge in [-0.3, -0.25) is 9.59 Å². The van der Waals surface area contributed by atoms with Gasteiger partial charge in [0.25, 0.3) is 5.91 Å². The minimum Gasteiger partial charge on any atom is -0.481 e. The van der Waals surface area contributed by atoms with E-state index >= 15 is 0 Å². The molecule has 0 bridgehead atoms. The molecule has 1 aliphatic rings. The van der Waals surface area contributed by atoms with Crippen LogP contribution in [0, 0.1) is 11.8 Å². The first-order chi connectivity index (χ1) is 12.1. The molecule has 8 heteroatoms. The number of sulfonamides is 1. The summed E-state index contributed by atoms with van der Waals surface area (Å²) in [5.74, 6) is -1.59. The highest BCUT2D eigenvalue weighted by Crippen LogP contribution is 2.25. The number of likely N-dealkylation sites (tertiary alicyclic amines) is 1. The third-order valence-corrected chi connectivity index (χ3v) is 7.06. The summed E-state index contributed by atoms with van der Waals surface area (Å²) in [6, 6.07) is 5.73. The first-order valence-corrected chi connectivity index (χ1v) is 10.1. The number of piperidine rings is 1. The molecule has 0 saturated carbocycles. The topological polar surface area (TPSA) is 95.0 Å². The molecule has 0 aromatic heterocycles. The number of benzene rings is 1. The van der Waals surface area contributed by atoms with Crippen LogP contribution in [-0.2, 0) is 14.8 Å². The van der Waals surface area contributed by atoms with Crippen LogP contribution in [-0.4, -0.2) is 60.8 Å². The summed E-state index contributed by atoms with van der Waals surface area (Å²) in [7, 11) is -2.07. The smallest absolute Gasteiger partial charge is 0.306 e. The van der Waals surface area contributed by atoms with E-state index in [1.165, 1.54) is 35.6 Å². The predicted molar refractivity (Wildman–Crippen MR) is 97.3 cm³/mol. The molecule has 1 aromatic rings. The highest BCUT2D eigenvalue weighted by atomic mass is 32.2. The normalized spacial score (nSPS) is 21.2. The number of nitrogens with zero attached hydrogens (tertiary/aromatic N) is 2. The van der Waals surface area contributed by atoms with E-state index in [9.17, 15) is 23.1 Å². The van der Waals surface area contributed by atoms with Gasteiger partial charge in [-0.05, 0) is 50.5 Å². The Morgan fingerprint density at radius 2 is 1.81 bits per heavy atom. The van der Waals surface area contributed by atoms with Crippen LogP contribution < -0.4 is 0 Å². The van der Waals surface area contributed by atoms with E-state index in [1.807, 2.05) is 6.92 Å². The predicted octanol–water partition coefficient (Wildman–Crippen LogP) is 1.90. The molecule has 2 atom stereocenters. The number of amides is 1. The minimum absolute atomic E-state index is 0.121. The molecule has 1 aliphatic heterocycles. The van der Waals surface area contributed by atoms with Gasteiger partial charge in [0.05, 0.1) is 10.8 Å². The first kappa shape index (κ1) is 20.4. The molecule has 7 nitrogen and oxygen atoms in total. The highest BCUT2D eigenvalue weighted by molar-refractivity contribution is 7.89. The second kappa shape index (κ2) is 7.75. The van der Waals surface area contributed by atoms with Crippen LogP contribution in [0.2, 0.25) is 0 Å². The molecule has 0 radical (unpaired) electrons. The number of carbonyl (C=O) groups is 2. The van der Waals surface area contributed by atoms with Crippen LogP contribution in [0.3, 0.4) is 0 Å². The molecule has 1 saturated heterocycles. The van der Waals surface area contributed by atoms with E-state index in [1.54, 1.807) is 18.7 Å². The summed E-state index contributed by atoms with van der Waals surface area (Å²) in [5.41, 5.74) is 0.400. The lowest BCUT2D eigenvalue weighted by molar-refractivity contribution is -0.145. The maximum atomic E-state index is 12.6. The van der Waals surface area contributed by atoms with Crippen LogP contribution in [0.15, 0.2) is 29.2 Å². The zero-order valence-electron chi connectivity index (χ0n) is 15.5. The summed E-state index contributed by atoms with van der Waals surface area (Å²) >= 11 is 0. The van der Waals surface area contributed by atoms with Gasteiger partial charge in [0, 0.05) is 31.7 Å². The number of hydrogen-bond donors (Lipinski definition) is 1. The quantitative estimate of drug-likeness (QED) is 0.839. The molecule has 0 aliphatic carbocycles. The molecule has 1 fully saturated rings. The van der Waals surface area contributed by atoms with Crippen molar-refractivity contribution in [3.05, 3.63) is 29.8 Å². The summed E-state index contributed by atoms with van der Waals surface area (Å²) in [5, 5.41) is 9.18. The van der Waals surface area contributed by atoms with E-state index < -0.39 is 21.9 Å².